The molecule has 14 nitrogen and oxygen atoms in total. The van der Waals surface area contributed by atoms with Gasteiger partial charge < -0.3 is 23.7 Å². The zero-order chi connectivity index (χ0) is 40.4. The van der Waals surface area contributed by atoms with Crippen LogP contribution in [-0.2, 0) is 57.2 Å². The minimum absolute atomic E-state index is 0.0463. The van der Waals surface area contributed by atoms with Gasteiger partial charge >= 0.3 is 29.8 Å². The van der Waals surface area contributed by atoms with Crippen molar-refractivity contribution in [1.29, 1.82) is 0 Å². The molecule has 2 heterocycles. The summed E-state index contributed by atoms with van der Waals surface area (Å²) in [6.07, 6.45) is 1.61. The summed E-state index contributed by atoms with van der Waals surface area (Å²) in [4.78, 5) is 90.2. The summed E-state index contributed by atoms with van der Waals surface area (Å²) in [6, 6.07) is 0. The maximum absolute atomic E-state index is 13.5. The minimum atomic E-state index is -1.48. The molecule has 0 bridgehead atoms. The lowest BCUT2D eigenvalue weighted by molar-refractivity contribution is -0.170. The maximum atomic E-state index is 13.5. The highest BCUT2D eigenvalue weighted by Gasteiger charge is 2.47. The van der Waals surface area contributed by atoms with Gasteiger partial charge in [-0.2, -0.15) is 0 Å². The summed E-state index contributed by atoms with van der Waals surface area (Å²) < 4.78 is 27.1. The average molecular weight is 753 g/mol. The molecule has 2 saturated heterocycles. The molecule has 0 unspecified atom stereocenters. The number of ether oxygens (including phenoxy) is 5. The van der Waals surface area contributed by atoms with Crippen molar-refractivity contribution < 1.29 is 57.2 Å². The second kappa shape index (κ2) is 19.3. The van der Waals surface area contributed by atoms with E-state index in [9.17, 15) is 33.6 Å². The van der Waals surface area contributed by atoms with Crippen LogP contribution < -0.4 is 0 Å². The van der Waals surface area contributed by atoms with E-state index < -0.39 is 42.2 Å². The molecule has 2 aliphatic heterocycles. The van der Waals surface area contributed by atoms with Crippen LogP contribution in [0.5, 0.6) is 0 Å². The van der Waals surface area contributed by atoms with Gasteiger partial charge in [-0.05, 0) is 114 Å². The van der Waals surface area contributed by atoms with Crippen molar-refractivity contribution in [2.45, 2.75) is 143 Å². The van der Waals surface area contributed by atoms with Gasteiger partial charge in [-0.1, -0.05) is 0 Å². The number of carbonyl (C=O) groups excluding carboxylic acids is 7. The predicted octanol–water partition coefficient (Wildman–Crippen LogP) is 4.23. The first kappa shape index (κ1) is 45.8. The Labute approximate surface area is 315 Å². The van der Waals surface area contributed by atoms with E-state index in [1.54, 1.807) is 6.92 Å². The second-order valence-electron chi connectivity index (χ2n) is 17.1. The zero-order valence-electron chi connectivity index (χ0n) is 33.9. The maximum Gasteiger partial charge on any atom is 0.320 e. The average Bonchev–Trinajstić information content (AvgIpc) is 2.98. The van der Waals surface area contributed by atoms with Crippen molar-refractivity contribution in [3.8, 4) is 0 Å². The van der Waals surface area contributed by atoms with E-state index in [2.05, 4.69) is 65.2 Å². The van der Waals surface area contributed by atoms with E-state index in [-0.39, 0.29) is 91.4 Å². The third kappa shape index (κ3) is 14.4. The molecular formula is C39H64N2O12. The van der Waals surface area contributed by atoms with Crippen LogP contribution in [0.25, 0.3) is 0 Å². The van der Waals surface area contributed by atoms with Crippen LogP contribution in [-0.4, -0.2) is 119 Å². The summed E-state index contributed by atoms with van der Waals surface area (Å²) >= 11 is 0. The van der Waals surface area contributed by atoms with Crippen molar-refractivity contribution in [1.82, 2.24) is 9.80 Å². The Morgan fingerprint density at radius 2 is 0.887 bits per heavy atom. The van der Waals surface area contributed by atoms with E-state index in [1.807, 2.05) is 0 Å². The number of Topliss-reactive ketones (excluding diaryl/α,β-unsaturated/α-hetero) is 2. The van der Waals surface area contributed by atoms with Crippen LogP contribution in [0.3, 0.4) is 0 Å². The van der Waals surface area contributed by atoms with E-state index >= 15 is 0 Å². The molecule has 0 spiro atoms. The van der Waals surface area contributed by atoms with Gasteiger partial charge in [0, 0.05) is 35.2 Å². The first-order valence-electron chi connectivity index (χ1n) is 18.7. The van der Waals surface area contributed by atoms with Crippen LogP contribution in [0.4, 0.5) is 0 Å². The van der Waals surface area contributed by atoms with Crippen molar-refractivity contribution in [3.05, 3.63) is 0 Å². The molecule has 2 aliphatic rings. The van der Waals surface area contributed by atoms with Gasteiger partial charge in [0.2, 0.25) is 0 Å². The Morgan fingerprint density at radius 3 is 1.19 bits per heavy atom. The first-order valence-corrected chi connectivity index (χ1v) is 18.7. The van der Waals surface area contributed by atoms with Crippen LogP contribution in [0.2, 0.25) is 0 Å². The minimum Gasteiger partial charge on any atom is -0.466 e. The van der Waals surface area contributed by atoms with Gasteiger partial charge in [-0.15, -0.1) is 0 Å². The summed E-state index contributed by atoms with van der Waals surface area (Å²) in [6.45, 7) is 22.3. The topological polar surface area (TPSA) is 172 Å². The van der Waals surface area contributed by atoms with E-state index in [0.717, 1.165) is 0 Å². The number of piperidine rings is 2. The lowest BCUT2D eigenvalue weighted by Crippen LogP contribution is -2.62. The smallest absolute Gasteiger partial charge is 0.320 e. The van der Waals surface area contributed by atoms with Gasteiger partial charge in [-0.25, -0.2) is 0 Å². The Hall–Kier alpha value is -3.39. The fraction of sp³-hybridized carbons (Fsp3) is 0.821. The highest BCUT2D eigenvalue weighted by Crippen LogP contribution is 2.42. The van der Waals surface area contributed by atoms with Crippen LogP contribution in [0.15, 0.2) is 0 Å². The standard InChI is InChI=1S/C39H64N2O12/c1-12-49-33(46)19-30(34(47)52-24-28-20-36(4,5)40(37(6,7)21-28)13-15-50-31(44)17-26(2)42)35(48)53-25-29-22-38(8,9)41(39(10,11)23-29)14-16-51-32(45)18-27(3)43/h28-30H,12-25H2,1-11H3. The van der Waals surface area contributed by atoms with E-state index in [0.29, 0.717) is 38.8 Å². The van der Waals surface area contributed by atoms with Gasteiger partial charge in [0.05, 0.1) is 26.2 Å². The summed E-state index contributed by atoms with van der Waals surface area (Å²) in [7, 11) is 0. The van der Waals surface area contributed by atoms with Crippen molar-refractivity contribution in [2.75, 3.05) is 46.1 Å². The molecule has 0 aromatic carbocycles. The normalized spacial score (nSPS) is 19.9. The predicted molar refractivity (Wildman–Crippen MR) is 194 cm³/mol. The van der Waals surface area contributed by atoms with Crippen molar-refractivity contribution in [3.63, 3.8) is 0 Å². The molecule has 0 atom stereocenters. The summed E-state index contributed by atoms with van der Waals surface area (Å²) in [5.41, 5.74) is -1.42. The molecular weight excluding hydrogens is 688 g/mol. The number of carbonyl (C=O) groups is 7. The summed E-state index contributed by atoms with van der Waals surface area (Å²) in [5, 5.41) is 0. The number of ketones is 2. The third-order valence-corrected chi connectivity index (χ3v) is 10.2. The van der Waals surface area contributed by atoms with Crippen LogP contribution in [0.1, 0.15) is 121 Å². The number of likely N-dealkylation sites (tertiary alicyclic amines) is 2. The zero-order valence-corrected chi connectivity index (χ0v) is 33.9. The largest absolute Gasteiger partial charge is 0.466 e. The number of esters is 5. The highest BCUT2D eigenvalue weighted by molar-refractivity contribution is 5.98. The van der Waals surface area contributed by atoms with Crippen LogP contribution in [0, 0.1) is 17.8 Å². The third-order valence-electron chi connectivity index (χ3n) is 10.2. The molecule has 302 valence electrons. The first-order chi connectivity index (χ1) is 24.4. The molecule has 2 rings (SSSR count). The SMILES string of the molecule is CCOC(=O)CC(C(=O)OCC1CC(C)(C)N(CCOC(=O)CC(C)=O)C(C)(C)C1)C(=O)OCC1CC(C)(C)N(CCOC(=O)CC(C)=O)C(C)(C)C1. The van der Waals surface area contributed by atoms with E-state index in [4.69, 9.17) is 23.7 Å². The molecule has 0 saturated carbocycles. The highest BCUT2D eigenvalue weighted by atomic mass is 16.6. The fourth-order valence-corrected chi connectivity index (χ4v) is 8.76. The Balaban J connectivity index is 2.03. The molecule has 0 aromatic heterocycles. The molecule has 0 aromatic rings. The molecule has 0 aliphatic carbocycles. The molecule has 0 radical (unpaired) electrons. The lowest BCUT2D eigenvalue weighted by Gasteiger charge is -2.55. The van der Waals surface area contributed by atoms with E-state index in [1.165, 1.54) is 13.8 Å². The van der Waals surface area contributed by atoms with Crippen molar-refractivity contribution in [2.24, 2.45) is 17.8 Å². The van der Waals surface area contributed by atoms with Gasteiger partial charge in [0.15, 0.2) is 5.92 Å². The Bertz CT molecular complexity index is 1210. The quantitative estimate of drug-likeness (QED) is 0.104. The summed E-state index contributed by atoms with van der Waals surface area (Å²) in [5.74, 6) is -5.57. The number of nitrogens with zero attached hydrogens (tertiary/aromatic N) is 2. The fourth-order valence-electron chi connectivity index (χ4n) is 8.76. The molecule has 0 amide bonds. The monoisotopic (exact) mass is 752 g/mol. The van der Waals surface area contributed by atoms with Crippen LogP contribution >= 0.6 is 0 Å². The van der Waals surface area contributed by atoms with Crippen molar-refractivity contribution >= 4 is 41.4 Å². The van der Waals surface area contributed by atoms with Gasteiger partial charge in [-0.3, -0.25) is 43.4 Å². The Morgan fingerprint density at radius 1 is 0.547 bits per heavy atom. The molecule has 0 N–H and O–H groups in total. The Kier molecular flexibility index (Phi) is 16.6. The number of hydrogen-bond acceptors (Lipinski definition) is 14. The molecule has 53 heavy (non-hydrogen) atoms. The number of hydrogen-bond donors (Lipinski definition) is 0. The second-order valence-corrected chi connectivity index (χ2v) is 17.1. The number of rotatable bonds is 19. The lowest BCUT2D eigenvalue weighted by atomic mass is 9.74. The molecule has 14 heteroatoms. The van der Waals surface area contributed by atoms with Gasteiger partial charge in [0.25, 0.3) is 0 Å². The molecule has 2 fully saturated rings. The van der Waals surface area contributed by atoms with Gasteiger partial charge in [0.1, 0.15) is 37.6 Å².